The van der Waals surface area contributed by atoms with Crippen LogP contribution >= 0.6 is 0 Å². The number of nitriles is 1. The molecule has 3 rings (SSSR count). The number of ether oxygens (including phenoxy) is 1. The Kier molecular flexibility index (Phi) is 5.33. The molecule has 1 heterocycles. The molecule has 1 fully saturated rings. The Balaban J connectivity index is 1.84. The highest BCUT2D eigenvalue weighted by Crippen LogP contribution is 2.27. The third-order valence-electron chi connectivity index (χ3n) is 4.53. The Morgan fingerprint density at radius 1 is 1.04 bits per heavy atom. The fraction of sp³-hybridized carbons (Fsp3) is 0.286. The average molecular weight is 348 g/mol. The number of hydrogen-bond donors (Lipinski definition) is 0. The van der Waals surface area contributed by atoms with Gasteiger partial charge in [0.1, 0.15) is 0 Å². The van der Waals surface area contributed by atoms with Gasteiger partial charge in [-0.25, -0.2) is 4.79 Å². The van der Waals surface area contributed by atoms with Gasteiger partial charge in [0.15, 0.2) is 6.10 Å². The number of benzene rings is 2. The van der Waals surface area contributed by atoms with E-state index in [1.54, 1.807) is 54.3 Å². The van der Waals surface area contributed by atoms with Crippen molar-refractivity contribution in [3.8, 4) is 17.2 Å². The molecule has 1 aliphatic heterocycles. The van der Waals surface area contributed by atoms with Gasteiger partial charge < -0.3 is 9.64 Å². The number of carbonyl (C=O) groups excluding carboxylic acids is 2. The van der Waals surface area contributed by atoms with Gasteiger partial charge in [0.2, 0.25) is 0 Å². The SMILES string of the molecule is C[C@@H](OC(=O)c1ccccc1-c1ccccc1C#N)C(=O)N1CCCC1. The predicted octanol–water partition coefficient (Wildman–Crippen LogP) is 3.39. The minimum atomic E-state index is -0.833. The molecule has 1 saturated heterocycles. The molecule has 0 radical (unpaired) electrons. The molecular formula is C21H20N2O3. The van der Waals surface area contributed by atoms with Crippen LogP contribution in [0.1, 0.15) is 35.7 Å². The largest absolute Gasteiger partial charge is 0.449 e. The van der Waals surface area contributed by atoms with Crippen LogP contribution in [0.2, 0.25) is 0 Å². The van der Waals surface area contributed by atoms with E-state index in [4.69, 9.17) is 4.74 Å². The minimum absolute atomic E-state index is 0.161. The molecule has 2 aromatic rings. The maximum atomic E-state index is 12.7. The van der Waals surface area contributed by atoms with Gasteiger partial charge in [-0.1, -0.05) is 36.4 Å². The Morgan fingerprint density at radius 3 is 2.35 bits per heavy atom. The lowest BCUT2D eigenvalue weighted by Gasteiger charge is -2.21. The molecule has 0 aromatic heterocycles. The maximum Gasteiger partial charge on any atom is 0.339 e. The maximum absolute atomic E-state index is 12.7. The second-order valence-corrected chi connectivity index (χ2v) is 6.28. The van der Waals surface area contributed by atoms with Crippen molar-refractivity contribution in [1.82, 2.24) is 4.90 Å². The highest BCUT2D eigenvalue weighted by molar-refractivity contribution is 5.99. The molecule has 0 aliphatic carbocycles. The van der Waals surface area contributed by atoms with Gasteiger partial charge in [-0.2, -0.15) is 5.26 Å². The first kappa shape index (κ1) is 17.7. The van der Waals surface area contributed by atoms with E-state index in [1.807, 2.05) is 6.07 Å². The van der Waals surface area contributed by atoms with Crippen LogP contribution in [0.3, 0.4) is 0 Å². The van der Waals surface area contributed by atoms with E-state index in [-0.39, 0.29) is 5.91 Å². The van der Waals surface area contributed by atoms with Crippen molar-refractivity contribution in [3.05, 3.63) is 59.7 Å². The highest BCUT2D eigenvalue weighted by Gasteiger charge is 2.27. The number of hydrogen-bond acceptors (Lipinski definition) is 4. The molecule has 1 aliphatic rings. The molecule has 1 atom stereocenters. The Morgan fingerprint density at radius 2 is 1.65 bits per heavy atom. The van der Waals surface area contributed by atoms with Gasteiger partial charge in [-0.3, -0.25) is 4.79 Å². The van der Waals surface area contributed by atoms with Crippen molar-refractivity contribution in [2.45, 2.75) is 25.9 Å². The van der Waals surface area contributed by atoms with Gasteiger partial charge in [0.25, 0.3) is 5.91 Å². The van der Waals surface area contributed by atoms with Crippen molar-refractivity contribution in [2.75, 3.05) is 13.1 Å². The summed E-state index contributed by atoms with van der Waals surface area (Å²) in [6, 6.07) is 16.2. The summed E-state index contributed by atoms with van der Waals surface area (Å²) in [5.41, 5.74) is 2.11. The quantitative estimate of drug-likeness (QED) is 0.794. The number of likely N-dealkylation sites (tertiary alicyclic amines) is 1. The topological polar surface area (TPSA) is 70.4 Å². The number of esters is 1. The van der Waals surface area contributed by atoms with Crippen LogP contribution in [0, 0.1) is 11.3 Å². The third-order valence-corrected chi connectivity index (χ3v) is 4.53. The summed E-state index contributed by atoms with van der Waals surface area (Å²) in [6.07, 6.45) is 1.14. The fourth-order valence-electron chi connectivity index (χ4n) is 3.18. The number of carbonyl (C=O) groups is 2. The average Bonchev–Trinajstić information content (AvgIpc) is 3.22. The third kappa shape index (κ3) is 3.60. The number of amides is 1. The van der Waals surface area contributed by atoms with Crippen molar-refractivity contribution < 1.29 is 14.3 Å². The molecule has 26 heavy (non-hydrogen) atoms. The van der Waals surface area contributed by atoms with E-state index in [0.717, 1.165) is 12.8 Å². The minimum Gasteiger partial charge on any atom is -0.449 e. The summed E-state index contributed by atoms with van der Waals surface area (Å²) in [5.74, 6) is -0.723. The van der Waals surface area contributed by atoms with Gasteiger partial charge in [0, 0.05) is 18.7 Å². The van der Waals surface area contributed by atoms with E-state index in [2.05, 4.69) is 6.07 Å². The van der Waals surface area contributed by atoms with Crippen LogP contribution in [0.15, 0.2) is 48.5 Å². The first-order valence-corrected chi connectivity index (χ1v) is 8.70. The summed E-state index contributed by atoms with van der Waals surface area (Å²) in [5, 5.41) is 9.33. The molecule has 0 saturated carbocycles. The van der Waals surface area contributed by atoms with E-state index in [0.29, 0.717) is 35.3 Å². The second-order valence-electron chi connectivity index (χ2n) is 6.28. The zero-order valence-corrected chi connectivity index (χ0v) is 14.6. The zero-order chi connectivity index (χ0) is 18.5. The van der Waals surface area contributed by atoms with Gasteiger partial charge in [-0.15, -0.1) is 0 Å². The standard InChI is InChI=1S/C21H20N2O3/c1-15(20(24)23-12-6-7-13-23)26-21(25)19-11-5-4-10-18(19)17-9-3-2-8-16(17)14-22/h2-5,8-11,15H,6-7,12-13H2,1H3/t15-/m1/s1. The normalized spacial score (nSPS) is 14.5. The molecule has 132 valence electrons. The smallest absolute Gasteiger partial charge is 0.339 e. The second kappa shape index (κ2) is 7.83. The van der Waals surface area contributed by atoms with Gasteiger partial charge in [-0.05, 0) is 37.5 Å². The van der Waals surface area contributed by atoms with Gasteiger partial charge >= 0.3 is 5.97 Å². The molecule has 2 aromatic carbocycles. The number of nitrogens with zero attached hydrogens (tertiary/aromatic N) is 2. The molecule has 0 unspecified atom stereocenters. The monoisotopic (exact) mass is 348 g/mol. The van der Waals surface area contributed by atoms with Crippen LogP contribution < -0.4 is 0 Å². The van der Waals surface area contributed by atoms with Crippen molar-refractivity contribution in [1.29, 1.82) is 5.26 Å². The summed E-state index contributed by atoms with van der Waals surface area (Å²) < 4.78 is 5.43. The molecule has 0 spiro atoms. The Hall–Kier alpha value is -3.13. The molecule has 0 bridgehead atoms. The Bertz CT molecular complexity index is 864. The van der Waals surface area contributed by atoms with E-state index < -0.39 is 12.1 Å². The summed E-state index contributed by atoms with van der Waals surface area (Å²) in [6.45, 7) is 3.03. The zero-order valence-electron chi connectivity index (χ0n) is 14.6. The van der Waals surface area contributed by atoms with Crippen LogP contribution in [0.25, 0.3) is 11.1 Å². The van der Waals surface area contributed by atoms with Crippen molar-refractivity contribution >= 4 is 11.9 Å². The lowest BCUT2D eigenvalue weighted by molar-refractivity contribution is -0.138. The summed E-state index contributed by atoms with van der Waals surface area (Å²) in [4.78, 5) is 26.8. The predicted molar refractivity (Wildman–Crippen MR) is 97.3 cm³/mol. The van der Waals surface area contributed by atoms with Crippen LogP contribution in [-0.4, -0.2) is 36.0 Å². The summed E-state index contributed by atoms with van der Waals surface area (Å²) in [7, 11) is 0. The van der Waals surface area contributed by atoms with Crippen LogP contribution in [0.4, 0.5) is 0 Å². The molecule has 5 nitrogen and oxygen atoms in total. The Labute approximate surface area is 152 Å². The first-order chi connectivity index (χ1) is 12.6. The lowest BCUT2D eigenvalue weighted by Crippen LogP contribution is -2.38. The molecule has 1 amide bonds. The molecule has 0 N–H and O–H groups in total. The first-order valence-electron chi connectivity index (χ1n) is 8.70. The van der Waals surface area contributed by atoms with Gasteiger partial charge in [0.05, 0.1) is 17.2 Å². The fourth-order valence-corrected chi connectivity index (χ4v) is 3.18. The van der Waals surface area contributed by atoms with Crippen molar-refractivity contribution in [3.63, 3.8) is 0 Å². The van der Waals surface area contributed by atoms with Crippen LogP contribution in [0.5, 0.6) is 0 Å². The van der Waals surface area contributed by atoms with E-state index in [9.17, 15) is 14.9 Å². The van der Waals surface area contributed by atoms with Crippen LogP contribution in [-0.2, 0) is 9.53 Å². The molecular weight excluding hydrogens is 328 g/mol. The van der Waals surface area contributed by atoms with E-state index in [1.165, 1.54) is 0 Å². The molecule has 5 heteroatoms. The van der Waals surface area contributed by atoms with E-state index >= 15 is 0 Å². The number of rotatable bonds is 4. The van der Waals surface area contributed by atoms with Crippen molar-refractivity contribution in [2.24, 2.45) is 0 Å². The summed E-state index contributed by atoms with van der Waals surface area (Å²) >= 11 is 0. The lowest BCUT2D eigenvalue weighted by atomic mass is 9.96. The highest BCUT2D eigenvalue weighted by atomic mass is 16.5.